The van der Waals surface area contributed by atoms with Crippen LogP contribution in [0.1, 0.15) is 19.8 Å². The van der Waals surface area contributed by atoms with E-state index in [1.807, 2.05) is 6.07 Å². The molecule has 1 aliphatic heterocycles. The highest BCUT2D eigenvalue weighted by atomic mass is 16.5. The van der Waals surface area contributed by atoms with Gasteiger partial charge in [0, 0.05) is 12.5 Å². The molecular formula is C11H17N3O3. The Kier molecular flexibility index (Phi) is 4.91. The van der Waals surface area contributed by atoms with E-state index in [2.05, 4.69) is 5.32 Å². The Morgan fingerprint density at radius 1 is 1.65 bits per heavy atom. The Labute approximate surface area is 100 Å². The van der Waals surface area contributed by atoms with Crippen LogP contribution in [0.4, 0.5) is 0 Å². The highest BCUT2D eigenvalue weighted by Gasteiger charge is 2.27. The molecule has 1 saturated heterocycles. The minimum Gasteiger partial charge on any atom is -0.381 e. The standard InChI is InChI=1S/C11H17N3O3/c1-7(5-12)4-9(10(13)15)14-11(16)8-2-3-17-6-8/h7-9H,2-4,6H2,1H3,(H2,13,15)(H,14,16)/t7-,8+,9+/m1/s1. The summed E-state index contributed by atoms with van der Waals surface area (Å²) in [5.41, 5.74) is 5.19. The van der Waals surface area contributed by atoms with E-state index in [-0.39, 0.29) is 24.2 Å². The minimum atomic E-state index is -0.780. The van der Waals surface area contributed by atoms with Crippen LogP contribution in [-0.4, -0.2) is 31.1 Å². The summed E-state index contributed by atoms with van der Waals surface area (Å²) in [6, 6.07) is 1.23. The van der Waals surface area contributed by atoms with Crippen molar-refractivity contribution in [3.63, 3.8) is 0 Å². The van der Waals surface area contributed by atoms with E-state index >= 15 is 0 Å². The molecule has 0 spiro atoms. The summed E-state index contributed by atoms with van der Waals surface area (Å²) in [5, 5.41) is 11.3. The molecule has 1 fully saturated rings. The predicted octanol–water partition coefficient (Wildman–Crippen LogP) is -0.457. The number of nitrogens with two attached hydrogens (primary N) is 1. The molecule has 1 rings (SSSR count). The lowest BCUT2D eigenvalue weighted by atomic mass is 10.0. The average molecular weight is 239 g/mol. The number of carbonyl (C=O) groups is 2. The van der Waals surface area contributed by atoms with Gasteiger partial charge >= 0.3 is 0 Å². The maximum absolute atomic E-state index is 11.7. The monoisotopic (exact) mass is 239 g/mol. The van der Waals surface area contributed by atoms with Crippen molar-refractivity contribution >= 4 is 11.8 Å². The fourth-order valence-corrected chi connectivity index (χ4v) is 1.68. The second-order valence-electron chi connectivity index (χ2n) is 4.29. The van der Waals surface area contributed by atoms with Gasteiger partial charge in [-0.25, -0.2) is 0 Å². The zero-order chi connectivity index (χ0) is 12.8. The number of carbonyl (C=O) groups excluding carboxylic acids is 2. The Morgan fingerprint density at radius 2 is 2.35 bits per heavy atom. The molecule has 0 unspecified atom stereocenters. The Hall–Kier alpha value is -1.61. The van der Waals surface area contributed by atoms with Crippen LogP contribution in [0.5, 0.6) is 0 Å². The molecule has 6 nitrogen and oxygen atoms in total. The van der Waals surface area contributed by atoms with Gasteiger partial charge in [-0.3, -0.25) is 9.59 Å². The normalized spacial score (nSPS) is 22.5. The van der Waals surface area contributed by atoms with Gasteiger partial charge < -0.3 is 15.8 Å². The fourth-order valence-electron chi connectivity index (χ4n) is 1.68. The lowest BCUT2D eigenvalue weighted by Gasteiger charge is -2.18. The van der Waals surface area contributed by atoms with E-state index in [0.29, 0.717) is 19.6 Å². The molecule has 0 aromatic rings. The second-order valence-corrected chi connectivity index (χ2v) is 4.29. The second kappa shape index (κ2) is 6.21. The topological polar surface area (TPSA) is 105 Å². The van der Waals surface area contributed by atoms with Gasteiger partial charge in [0.2, 0.25) is 11.8 Å². The largest absolute Gasteiger partial charge is 0.381 e. The summed E-state index contributed by atoms with van der Waals surface area (Å²) in [6.45, 7) is 2.62. The summed E-state index contributed by atoms with van der Waals surface area (Å²) in [4.78, 5) is 22.9. The maximum atomic E-state index is 11.7. The van der Waals surface area contributed by atoms with Crippen LogP contribution in [0.2, 0.25) is 0 Å². The summed E-state index contributed by atoms with van der Waals surface area (Å²) in [6.07, 6.45) is 0.899. The zero-order valence-corrected chi connectivity index (χ0v) is 9.81. The van der Waals surface area contributed by atoms with Crippen molar-refractivity contribution in [1.82, 2.24) is 5.32 Å². The number of nitriles is 1. The zero-order valence-electron chi connectivity index (χ0n) is 9.81. The first-order chi connectivity index (χ1) is 8.04. The first kappa shape index (κ1) is 13.5. The van der Waals surface area contributed by atoms with Crippen molar-refractivity contribution in [2.45, 2.75) is 25.8 Å². The number of amides is 2. The third kappa shape index (κ3) is 4.04. The molecule has 0 aromatic carbocycles. The van der Waals surface area contributed by atoms with E-state index in [4.69, 9.17) is 15.7 Å². The van der Waals surface area contributed by atoms with Gasteiger partial charge in [-0.1, -0.05) is 0 Å². The first-order valence-electron chi connectivity index (χ1n) is 5.61. The van der Waals surface area contributed by atoms with Crippen molar-refractivity contribution in [1.29, 1.82) is 5.26 Å². The quantitative estimate of drug-likeness (QED) is 0.677. The van der Waals surface area contributed by atoms with Crippen LogP contribution < -0.4 is 11.1 Å². The van der Waals surface area contributed by atoms with Gasteiger partial charge in [0.25, 0.3) is 0 Å². The molecule has 1 heterocycles. The molecule has 0 bridgehead atoms. The fraction of sp³-hybridized carbons (Fsp3) is 0.727. The van der Waals surface area contributed by atoms with Crippen LogP contribution >= 0.6 is 0 Å². The molecule has 1 aliphatic rings. The molecule has 3 atom stereocenters. The van der Waals surface area contributed by atoms with Crippen LogP contribution in [-0.2, 0) is 14.3 Å². The maximum Gasteiger partial charge on any atom is 0.240 e. The Morgan fingerprint density at radius 3 is 2.82 bits per heavy atom. The Bertz CT molecular complexity index is 331. The SMILES string of the molecule is C[C@@H](C#N)C[C@H](NC(=O)[C@H]1CCOC1)C(N)=O. The molecule has 94 valence electrons. The van der Waals surface area contributed by atoms with Gasteiger partial charge in [0.1, 0.15) is 6.04 Å². The molecule has 0 saturated carbocycles. The van der Waals surface area contributed by atoms with Gasteiger partial charge in [-0.2, -0.15) is 5.26 Å². The van der Waals surface area contributed by atoms with Gasteiger partial charge in [0.05, 0.1) is 18.6 Å². The van der Waals surface area contributed by atoms with Crippen molar-refractivity contribution in [2.75, 3.05) is 13.2 Å². The number of ether oxygens (including phenoxy) is 1. The number of hydrogen-bond acceptors (Lipinski definition) is 4. The number of nitrogens with zero attached hydrogens (tertiary/aromatic N) is 1. The van der Waals surface area contributed by atoms with Crippen molar-refractivity contribution in [3.8, 4) is 6.07 Å². The lowest BCUT2D eigenvalue weighted by Crippen LogP contribution is -2.47. The minimum absolute atomic E-state index is 0.214. The van der Waals surface area contributed by atoms with Crippen LogP contribution in [0.25, 0.3) is 0 Å². The van der Waals surface area contributed by atoms with Crippen molar-refractivity contribution < 1.29 is 14.3 Å². The highest BCUT2D eigenvalue weighted by Crippen LogP contribution is 2.13. The molecule has 17 heavy (non-hydrogen) atoms. The molecule has 0 radical (unpaired) electrons. The summed E-state index contributed by atoms with van der Waals surface area (Å²) < 4.78 is 5.09. The molecule has 0 aliphatic carbocycles. The Balaban J connectivity index is 2.51. The van der Waals surface area contributed by atoms with Crippen LogP contribution in [0.3, 0.4) is 0 Å². The van der Waals surface area contributed by atoms with Crippen molar-refractivity contribution in [3.05, 3.63) is 0 Å². The number of nitrogens with one attached hydrogen (secondary N) is 1. The smallest absolute Gasteiger partial charge is 0.240 e. The van der Waals surface area contributed by atoms with Gasteiger partial charge in [-0.15, -0.1) is 0 Å². The summed E-state index contributed by atoms with van der Waals surface area (Å²) in [5.74, 6) is -1.38. The molecular weight excluding hydrogens is 222 g/mol. The molecule has 0 aromatic heterocycles. The lowest BCUT2D eigenvalue weighted by molar-refractivity contribution is -0.130. The van der Waals surface area contributed by atoms with E-state index < -0.39 is 11.9 Å². The van der Waals surface area contributed by atoms with Gasteiger partial charge in [-0.05, 0) is 19.8 Å². The molecule has 2 amide bonds. The van der Waals surface area contributed by atoms with E-state index in [1.165, 1.54) is 0 Å². The molecule has 6 heteroatoms. The highest BCUT2D eigenvalue weighted by molar-refractivity contribution is 5.87. The summed E-state index contributed by atoms with van der Waals surface area (Å²) >= 11 is 0. The third-order valence-corrected chi connectivity index (χ3v) is 2.77. The van der Waals surface area contributed by atoms with E-state index in [9.17, 15) is 9.59 Å². The molecule has 3 N–H and O–H groups in total. The van der Waals surface area contributed by atoms with Crippen LogP contribution in [0.15, 0.2) is 0 Å². The van der Waals surface area contributed by atoms with Crippen molar-refractivity contribution in [2.24, 2.45) is 17.6 Å². The first-order valence-corrected chi connectivity index (χ1v) is 5.61. The van der Waals surface area contributed by atoms with Gasteiger partial charge in [0.15, 0.2) is 0 Å². The number of primary amides is 1. The number of hydrogen-bond donors (Lipinski definition) is 2. The number of rotatable bonds is 5. The van der Waals surface area contributed by atoms with Crippen LogP contribution in [0, 0.1) is 23.2 Å². The van der Waals surface area contributed by atoms with E-state index in [0.717, 1.165) is 0 Å². The predicted molar refractivity (Wildman–Crippen MR) is 59.4 cm³/mol. The van der Waals surface area contributed by atoms with E-state index in [1.54, 1.807) is 6.92 Å². The third-order valence-electron chi connectivity index (χ3n) is 2.77. The average Bonchev–Trinajstić information content (AvgIpc) is 2.81. The summed E-state index contributed by atoms with van der Waals surface area (Å²) in [7, 11) is 0.